The molecule has 34 heavy (non-hydrogen) atoms. The van der Waals surface area contributed by atoms with Crippen LogP contribution in [0.15, 0.2) is 10.9 Å². The van der Waals surface area contributed by atoms with E-state index in [1.165, 1.54) is 17.6 Å². The number of piperidine rings is 1. The number of rotatable bonds is 4. The number of hydrogen-bond donors (Lipinski definition) is 0. The molecule has 1 aromatic heterocycles. The largest absolute Gasteiger partial charge is 0.408 e. The van der Waals surface area contributed by atoms with Gasteiger partial charge in [0.2, 0.25) is 11.9 Å². The Hall–Kier alpha value is -2.63. The highest BCUT2D eigenvalue weighted by molar-refractivity contribution is 5.86. The topological polar surface area (TPSA) is 88.0 Å². The van der Waals surface area contributed by atoms with E-state index in [2.05, 4.69) is 4.98 Å². The molecule has 3 atom stereocenters. The molecular weight excluding hydrogens is 455 g/mol. The van der Waals surface area contributed by atoms with E-state index in [1.807, 2.05) is 4.90 Å². The molecule has 5 heterocycles. The van der Waals surface area contributed by atoms with Crippen LogP contribution >= 0.6 is 0 Å². The predicted octanol–water partition coefficient (Wildman–Crippen LogP) is 1.19. The molecule has 0 saturated carbocycles. The molecule has 4 aliphatic heterocycles. The molecule has 0 aromatic carbocycles. The lowest BCUT2D eigenvalue weighted by molar-refractivity contribution is -0.153. The van der Waals surface area contributed by atoms with Crippen LogP contribution in [-0.2, 0) is 20.9 Å². The molecule has 9 nitrogen and oxygen atoms in total. The summed E-state index contributed by atoms with van der Waals surface area (Å²) in [5.41, 5.74) is -0.420. The molecule has 1 amide bonds. The number of amides is 1. The first-order valence-corrected chi connectivity index (χ1v) is 11.7. The molecule has 0 spiro atoms. The Morgan fingerprint density at radius 3 is 2.50 bits per heavy atom. The van der Waals surface area contributed by atoms with Crippen LogP contribution < -0.4 is 15.4 Å². The number of fused-ring (bicyclic) bond motifs is 3. The number of halogens is 3. The third-order valence-electron chi connectivity index (χ3n) is 7.53. The molecule has 186 valence electrons. The van der Waals surface area contributed by atoms with E-state index >= 15 is 0 Å². The number of aromatic nitrogens is 2. The lowest BCUT2D eigenvalue weighted by Gasteiger charge is -2.40. The fraction of sp³-hybridized carbons (Fsp3) is 0.727. The number of anilines is 2. The first-order chi connectivity index (χ1) is 16.1. The number of likely N-dealkylation sites (tertiary alicyclic amines) is 1. The number of hydrogen-bond acceptors (Lipinski definition) is 7. The molecule has 0 unspecified atom stereocenters. The van der Waals surface area contributed by atoms with Gasteiger partial charge in [0.15, 0.2) is 5.78 Å². The third kappa shape index (κ3) is 4.16. The molecule has 3 saturated heterocycles. The Morgan fingerprint density at radius 1 is 1.18 bits per heavy atom. The Bertz CT molecular complexity index is 1040. The average molecular weight is 483 g/mol. The zero-order valence-corrected chi connectivity index (χ0v) is 19.0. The van der Waals surface area contributed by atoms with E-state index in [1.54, 1.807) is 4.90 Å². The zero-order chi connectivity index (χ0) is 24.2. The zero-order valence-electron chi connectivity index (χ0n) is 19.0. The SMILES string of the molecule is CC(=O)N1CCC(C(=O)CN2c3nc(N4C[C@@H]5C[C@H]4CO5)cc(=O)n3CC[C@H]2C(F)(F)F)CC1. The summed E-state index contributed by atoms with van der Waals surface area (Å²) in [6.45, 7) is 2.73. The maximum Gasteiger partial charge on any atom is 0.408 e. The number of ether oxygens (including phenoxy) is 1. The maximum atomic E-state index is 14.0. The van der Waals surface area contributed by atoms with E-state index in [0.29, 0.717) is 44.9 Å². The number of nitrogens with zero attached hydrogens (tertiary/aromatic N) is 5. The van der Waals surface area contributed by atoms with Crippen LogP contribution in [0.25, 0.3) is 0 Å². The lowest BCUT2D eigenvalue weighted by atomic mass is 9.91. The number of morpholine rings is 1. The molecule has 12 heteroatoms. The van der Waals surface area contributed by atoms with Gasteiger partial charge in [0.05, 0.1) is 25.3 Å². The minimum absolute atomic E-state index is 0.0343. The molecular formula is C22H28F3N5O4. The normalized spacial score (nSPS) is 27.3. The van der Waals surface area contributed by atoms with Crippen molar-refractivity contribution in [2.45, 2.75) is 63.5 Å². The van der Waals surface area contributed by atoms with E-state index in [9.17, 15) is 27.6 Å². The predicted molar refractivity (Wildman–Crippen MR) is 116 cm³/mol. The second kappa shape index (κ2) is 8.54. The third-order valence-corrected chi connectivity index (χ3v) is 7.53. The Kier molecular flexibility index (Phi) is 5.81. The van der Waals surface area contributed by atoms with Gasteiger partial charge in [0.1, 0.15) is 11.9 Å². The first-order valence-electron chi connectivity index (χ1n) is 11.7. The van der Waals surface area contributed by atoms with Crippen molar-refractivity contribution in [3.8, 4) is 0 Å². The fourth-order valence-electron chi connectivity index (χ4n) is 5.62. The fourth-order valence-corrected chi connectivity index (χ4v) is 5.62. The Balaban J connectivity index is 1.43. The van der Waals surface area contributed by atoms with Gasteiger partial charge in [-0.05, 0) is 25.7 Å². The van der Waals surface area contributed by atoms with Crippen molar-refractivity contribution in [3.05, 3.63) is 16.4 Å². The smallest absolute Gasteiger partial charge is 0.374 e. The molecule has 5 rings (SSSR count). The van der Waals surface area contributed by atoms with Gasteiger partial charge in [-0.25, -0.2) is 0 Å². The van der Waals surface area contributed by atoms with Gasteiger partial charge >= 0.3 is 6.18 Å². The van der Waals surface area contributed by atoms with E-state index < -0.39 is 30.2 Å². The number of ketones is 1. The van der Waals surface area contributed by atoms with Gasteiger partial charge < -0.3 is 19.4 Å². The lowest BCUT2D eigenvalue weighted by Crippen LogP contribution is -2.55. The maximum absolute atomic E-state index is 14.0. The van der Waals surface area contributed by atoms with Crippen molar-refractivity contribution in [1.82, 2.24) is 14.5 Å². The van der Waals surface area contributed by atoms with Gasteiger partial charge in [-0.3, -0.25) is 19.0 Å². The van der Waals surface area contributed by atoms with Crippen molar-refractivity contribution < 1.29 is 27.5 Å². The van der Waals surface area contributed by atoms with Crippen molar-refractivity contribution in [2.24, 2.45) is 5.92 Å². The van der Waals surface area contributed by atoms with Crippen LogP contribution in [0.3, 0.4) is 0 Å². The van der Waals surface area contributed by atoms with Gasteiger partial charge in [0.25, 0.3) is 5.56 Å². The first kappa shape index (κ1) is 23.1. The number of carbonyl (C=O) groups excluding carboxylic acids is 2. The summed E-state index contributed by atoms with van der Waals surface area (Å²) in [5, 5.41) is 0. The van der Waals surface area contributed by atoms with Crippen molar-refractivity contribution >= 4 is 23.5 Å². The second-order valence-corrected chi connectivity index (χ2v) is 9.62. The highest BCUT2D eigenvalue weighted by Gasteiger charge is 2.48. The summed E-state index contributed by atoms with van der Waals surface area (Å²) >= 11 is 0. The highest BCUT2D eigenvalue weighted by atomic mass is 19.4. The Labute approximate surface area is 194 Å². The Morgan fingerprint density at radius 2 is 1.91 bits per heavy atom. The monoisotopic (exact) mass is 483 g/mol. The molecule has 0 aliphatic carbocycles. The van der Waals surface area contributed by atoms with Gasteiger partial charge in [0, 0.05) is 45.1 Å². The summed E-state index contributed by atoms with van der Waals surface area (Å²) in [7, 11) is 0. The van der Waals surface area contributed by atoms with Crippen LogP contribution in [0.1, 0.15) is 32.6 Å². The van der Waals surface area contributed by atoms with Gasteiger partial charge in [-0.1, -0.05) is 0 Å². The standard InChI is InChI=1S/C22H28F3N5O4/c1-13(31)27-5-2-14(3-6-27)17(32)11-30-18(22(23,24)25)4-7-28-20(33)9-19(26-21(28)30)29-10-16-8-15(29)12-34-16/h9,14-16,18H,2-8,10-12H2,1H3/t15-,16-,18-/m0/s1. The summed E-state index contributed by atoms with van der Waals surface area (Å²) in [6.07, 6.45) is -3.23. The number of Topliss-reactive ketones (excluding diaryl/α,β-unsaturated/α-hetero) is 1. The molecule has 0 radical (unpaired) electrons. The van der Waals surface area contributed by atoms with Crippen LogP contribution in [0.4, 0.5) is 24.9 Å². The number of alkyl halides is 3. The van der Waals surface area contributed by atoms with E-state index in [0.717, 1.165) is 11.3 Å². The minimum atomic E-state index is -4.57. The molecule has 4 aliphatic rings. The van der Waals surface area contributed by atoms with Crippen molar-refractivity contribution in [2.75, 3.05) is 42.6 Å². The summed E-state index contributed by atoms with van der Waals surface area (Å²) in [6, 6.07) is -0.479. The van der Waals surface area contributed by atoms with Crippen molar-refractivity contribution in [3.63, 3.8) is 0 Å². The quantitative estimate of drug-likeness (QED) is 0.636. The summed E-state index contributed by atoms with van der Waals surface area (Å²) < 4.78 is 48.8. The van der Waals surface area contributed by atoms with Gasteiger partial charge in [-0.15, -0.1) is 0 Å². The average Bonchev–Trinajstić information content (AvgIpc) is 3.42. The molecule has 0 N–H and O–H groups in total. The van der Waals surface area contributed by atoms with Gasteiger partial charge in [-0.2, -0.15) is 18.2 Å². The van der Waals surface area contributed by atoms with Crippen LogP contribution in [0.5, 0.6) is 0 Å². The van der Waals surface area contributed by atoms with Crippen LogP contribution in [0.2, 0.25) is 0 Å². The number of carbonyl (C=O) groups is 2. The molecule has 1 aromatic rings. The van der Waals surface area contributed by atoms with E-state index in [-0.39, 0.29) is 42.8 Å². The summed E-state index contributed by atoms with van der Waals surface area (Å²) in [4.78, 5) is 46.6. The van der Waals surface area contributed by atoms with Crippen molar-refractivity contribution in [1.29, 1.82) is 0 Å². The molecule has 3 fully saturated rings. The van der Waals surface area contributed by atoms with Crippen LogP contribution in [0, 0.1) is 5.92 Å². The minimum Gasteiger partial charge on any atom is -0.374 e. The second-order valence-electron chi connectivity index (χ2n) is 9.62. The van der Waals surface area contributed by atoms with Crippen LogP contribution in [-0.4, -0.2) is 83.3 Å². The van der Waals surface area contributed by atoms with E-state index in [4.69, 9.17) is 4.74 Å². The summed E-state index contributed by atoms with van der Waals surface area (Å²) in [5.74, 6) is -0.595. The highest BCUT2D eigenvalue weighted by Crippen LogP contribution is 2.36. The molecule has 2 bridgehead atoms.